The third kappa shape index (κ3) is 3.48. The number of hydrogen-bond acceptors (Lipinski definition) is 6. The number of ether oxygens (including phenoxy) is 1. The van der Waals surface area contributed by atoms with E-state index in [4.69, 9.17) is 4.74 Å². The average Bonchev–Trinajstić information content (AvgIpc) is 3.23. The Labute approximate surface area is 202 Å². The normalized spacial score (nSPS) is 21.3. The van der Waals surface area contributed by atoms with Gasteiger partial charge in [0.25, 0.3) is 0 Å². The average molecular weight is 465 g/mol. The van der Waals surface area contributed by atoms with E-state index < -0.39 is 17.8 Å². The van der Waals surface area contributed by atoms with E-state index in [1.807, 2.05) is 89.8 Å². The number of pyridine rings is 1. The number of carbonyl (C=O) groups excluding carboxylic acids is 2. The van der Waals surface area contributed by atoms with Crippen LogP contribution in [0.1, 0.15) is 11.1 Å². The zero-order chi connectivity index (χ0) is 23.8. The van der Waals surface area contributed by atoms with E-state index in [0.717, 1.165) is 22.0 Å². The number of rotatable bonds is 4. The lowest BCUT2D eigenvalue weighted by Gasteiger charge is -2.44. The van der Waals surface area contributed by atoms with Crippen LogP contribution in [0.5, 0.6) is 0 Å². The third-order valence-corrected chi connectivity index (χ3v) is 6.77. The maximum absolute atomic E-state index is 13.8. The van der Waals surface area contributed by atoms with Gasteiger partial charge in [-0.05, 0) is 12.1 Å². The molecule has 0 aliphatic carbocycles. The van der Waals surface area contributed by atoms with Crippen LogP contribution >= 0.6 is 0 Å². The maximum Gasteiger partial charge on any atom is 0.327 e. The number of hydrogen-bond donors (Lipinski definition) is 2. The number of carbonyl (C=O) groups is 2. The lowest BCUT2D eigenvalue weighted by molar-refractivity contribution is -0.152. The quantitative estimate of drug-likeness (QED) is 0.451. The fourth-order valence-electron chi connectivity index (χ4n) is 5.22. The van der Waals surface area contributed by atoms with Crippen molar-refractivity contribution >= 4 is 28.5 Å². The molecule has 1 aromatic heterocycles. The summed E-state index contributed by atoms with van der Waals surface area (Å²) in [6, 6.07) is 27.5. The van der Waals surface area contributed by atoms with Crippen molar-refractivity contribution in [3.63, 3.8) is 0 Å². The molecule has 1 amide bonds. The smallest absolute Gasteiger partial charge is 0.327 e. The molecule has 2 aliphatic rings. The minimum absolute atomic E-state index is 0.215. The molecule has 7 nitrogen and oxygen atoms in total. The molecule has 2 fully saturated rings. The van der Waals surface area contributed by atoms with Crippen molar-refractivity contribution in [3.8, 4) is 0 Å². The van der Waals surface area contributed by atoms with Crippen molar-refractivity contribution in [2.75, 3.05) is 18.4 Å². The molecule has 3 heterocycles. The number of fused-ring (bicyclic) bond motifs is 2. The van der Waals surface area contributed by atoms with Crippen molar-refractivity contribution in [2.24, 2.45) is 0 Å². The molecule has 3 aromatic carbocycles. The van der Waals surface area contributed by atoms with Gasteiger partial charge in [0.05, 0.1) is 11.2 Å². The Kier molecular flexibility index (Phi) is 5.28. The summed E-state index contributed by atoms with van der Waals surface area (Å²) >= 11 is 0. The van der Waals surface area contributed by atoms with Crippen LogP contribution in [0.15, 0.2) is 97.2 Å². The molecule has 0 bridgehead atoms. The largest absolute Gasteiger partial charge is 0.434 e. The molecule has 2 aliphatic heterocycles. The molecule has 35 heavy (non-hydrogen) atoms. The first-order valence-corrected chi connectivity index (χ1v) is 11.7. The van der Waals surface area contributed by atoms with Crippen molar-refractivity contribution < 1.29 is 14.3 Å². The van der Waals surface area contributed by atoms with Crippen molar-refractivity contribution in [1.82, 2.24) is 15.2 Å². The SMILES string of the molecule is O=C(Nc1ccnc2ccccc12)C1CNCC2C(=O)OC(c3ccccc3)(c3ccccc3)N12. The summed E-state index contributed by atoms with van der Waals surface area (Å²) in [6.45, 7) is 0.783. The van der Waals surface area contributed by atoms with Crippen molar-refractivity contribution in [3.05, 3.63) is 108 Å². The van der Waals surface area contributed by atoms with Crippen LogP contribution in [-0.2, 0) is 20.1 Å². The number of benzene rings is 3. The molecule has 6 rings (SSSR count). The summed E-state index contributed by atoms with van der Waals surface area (Å²) in [5.41, 5.74) is 1.87. The standard InChI is InChI=1S/C28H24N4O3/c33-26(31-23-15-16-30-22-14-8-7-13-21(22)23)24-17-29-18-25-27(34)35-28(32(24)25,19-9-3-1-4-10-19)20-11-5-2-6-12-20/h1-16,24-25,29H,17-18H2,(H,30,31,33). The molecular formula is C28H24N4O3. The molecule has 0 spiro atoms. The van der Waals surface area contributed by atoms with Gasteiger partial charge in [-0.1, -0.05) is 78.9 Å². The highest BCUT2D eigenvalue weighted by molar-refractivity contribution is 6.03. The molecule has 2 saturated heterocycles. The second-order valence-electron chi connectivity index (χ2n) is 8.76. The monoisotopic (exact) mass is 464 g/mol. The van der Waals surface area contributed by atoms with Crippen LogP contribution in [0.2, 0.25) is 0 Å². The van der Waals surface area contributed by atoms with E-state index in [2.05, 4.69) is 15.6 Å². The number of esters is 1. The Hall–Kier alpha value is -4.07. The fraction of sp³-hybridized carbons (Fsp3) is 0.179. The number of amides is 1. The number of para-hydroxylation sites is 1. The van der Waals surface area contributed by atoms with Crippen LogP contribution in [0.4, 0.5) is 5.69 Å². The summed E-state index contributed by atoms with van der Waals surface area (Å²) in [5.74, 6) is -0.565. The van der Waals surface area contributed by atoms with Gasteiger partial charge in [0.2, 0.25) is 11.6 Å². The molecule has 2 N–H and O–H groups in total. The van der Waals surface area contributed by atoms with Gasteiger partial charge in [0.1, 0.15) is 12.1 Å². The second-order valence-corrected chi connectivity index (χ2v) is 8.76. The number of anilines is 1. The number of piperazine rings is 1. The zero-order valence-electron chi connectivity index (χ0n) is 18.9. The zero-order valence-corrected chi connectivity index (χ0v) is 18.9. The predicted octanol–water partition coefficient (Wildman–Crippen LogP) is 3.27. The van der Waals surface area contributed by atoms with Crippen LogP contribution < -0.4 is 10.6 Å². The summed E-state index contributed by atoms with van der Waals surface area (Å²) in [7, 11) is 0. The van der Waals surface area contributed by atoms with Crippen molar-refractivity contribution in [1.29, 1.82) is 0 Å². The predicted molar refractivity (Wildman–Crippen MR) is 132 cm³/mol. The van der Waals surface area contributed by atoms with Crippen LogP contribution in [-0.4, -0.2) is 46.9 Å². The van der Waals surface area contributed by atoms with E-state index in [1.54, 1.807) is 12.3 Å². The first-order chi connectivity index (χ1) is 17.2. The van der Waals surface area contributed by atoms with Gasteiger partial charge in [-0.3, -0.25) is 14.6 Å². The third-order valence-electron chi connectivity index (χ3n) is 6.77. The Bertz CT molecular complexity index is 1350. The molecule has 2 atom stereocenters. The fourth-order valence-corrected chi connectivity index (χ4v) is 5.22. The van der Waals surface area contributed by atoms with E-state index in [1.165, 1.54) is 0 Å². The van der Waals surface area contributed by atoms with Gasteiger partial charge in [-0.25, -0.2) is 4.90 Å². The molecule has 0 radical (unpaired) electrons. The van der Waals surface area contributed by atoms with Crippen LogP contribution in [0.25, 0.3) is 10.9 Å². The van der Waals surface area contributed by atoms with Crippen LogP contribution in [0.3, 0.4) is 0 Å². The summed E-state index contributed by atoms with van der Waals surface area (Å²) < 4.78 is 6.23. The number of aromatic nitrogens is 1. The minimum atomic E-state index is -1.21. The van der Waals surface area contributed by atoms with Gasteiger partial charge in [-0.2, -0.15) is 0 Å². The van der Waals surface area contributed by atoms with Gasteiger partial charge >= 0.3 is 5.97 Å². The maximum atomic E-state index is 13.8. The highest BCUT2D eigenvalue weighted by Gasteiger charge is 2.60. The molecule has 2 unspecified atom stereocenters. The summed E-state index contributed by atoms with van der Waals surface area (Å²) in [6.07, 6.45) is 1.68. The van der Waals surface area contributed by atoms with Crippen molar-refractivity contribution in [2.45, 2.75) is 17.8 Å². The van der Waals surface area contributed by atoms with E-state index >= 15 is 0 Å². The highest BCUT2D eigenvalue weighted by atomic mass is 16.6. The Morgan fingerprint density at radius 2 is 1.57 bits per heavy atom. The van der Waals surface area contributed by atoms with Crippen LogP contribution in [0, 0.1) is 0 Å². The summed E-state index contributed by atoms with van der Waals surface area (Å²) in [4.78, 5) is 33.4. The van der Waals surface area contributed by atoms with Gasteiger partial charge in [0.15, 0.2) is 0 Å². The van der Waals surface area contributed by atoms with Gasteiger partial charge < -0.3 is 15.4 Å². The number of nitrogens with one attached hydrogen (secondary N) is 2. The minimum Gasteiger partial charge on any atom is -0.434 e. The molecule has 4 aromatic rings. The topological polar surface area (TPSA) is 83.6 Å². The molecule has 7 heteroatoms. The Morgan fingerprint density at radius 1 is 0.914 bits per heavy atom. The first-order valence-electron chi connectivity index (χ1n) is 11.7. The Balaban J connectivity index is 1.45. The molecule has 174 valence electrons. The first kappa shape index (κ1) is 21.5. The molecule has 0 saturated carbocycles. The molecular weight excluding hydrogens is 440 g/mol. The van der Waals surface area contributed by atoms with E-state index in [9.17, 15) is 9.59 Å². The van der Waals surface area contributed by atoms with E-state index in [0.29, 0.717) is 18.8 Å². The number of cyclic esters (lactones) is 1. The van der Waals surface area contributed by atoms with Gasteiger partial charge in [0, 0.05) is 35.8 Å². The lowest BCUT2D eigenvalue weighted by atomic mass is 9.90. The highest BCUT2D eigenvalue weighted by Crippen LogP contribution is 2.45. The van der Waals surface area contributed by atoms with Gasteiger partial charge in [-0.15, -0.1) is 0 Å². The number of nitrogens with zero attached hydrogens (tertiary/aromatic N) is 2. The van der Waals surface area contributed by atoms with E-state index in [-0.39, 0.29) is 11.9 Å². The summed E-state index contributed by atoms with van der Waals surface area (Å²) in [5, 5.41) is 7.22. The second kappa shape index (κ2) is 8.61. The lowest BCUT2D eigenvalue weighted by Crippen LogP contribution is -2.65. The Morgan fingerprint density at radius 3 is 2.29 bits per heavy atom.